The van der Waals surface area contributed by atoms with Crippen molar-refractivity contribution in [1.29, 1.82) is 0 Å². The maximum atomic E-state index is 13.4. The average molecular weight is 522 g/mol. The summed E-state index contributed by atoms with van der Waals surface area (Å²) in [5.74, 6) is -1.12. The van der Waals surface area contributed by atoms with Crippen molar-refractivity contribution in [1.82, 2.24) is 19.5 Å². The van der Waals surface area contributed by atoms with Gasteiger partial charge in [-0.2, -0.15) is 4.98 Å². The maximum Gasteiger partial charge on any atom is 0.334 e. The van der Waals surface area contributed by atoms with Crippen LogP contribution in [0, 0.1) is 12.8 Å². The first-order valence-corrected chi connectivity index (χ1v) is 12.9. The number of fused-ring (bicyclic) bond motifs is 2. The molecule has 6 rings (SSSR count). The molecule has 0 radical (unpaired) electrons. The fraction of sp³-hybridized carbons (Fsp3) is 0.233. The average Bonchev–Trinajstić information content (AvgIpc) is 3.04. The van der Waals surface area contributed by atoms with Crippen molar-refractivity contribution >= 4 is 24.1 Å². The van der Waals surface area contributed by atoms with E-state index in [9.17, 15) is 19.5 Å². The number of hydrogen-bond acceptors (Lipinski definition) is 6. The first-order chi connectivity index (χ1) is 18.8. The lowest BCUT2D eigenvalue weighted by atomic mass is 9.82. The van der Waals surface area contributed by atoms with E-state index in [1.165, 1.54) is 16.3 Å². The number of nitrogens with one attached hydrogen (secondary N) is 1. The summed E-state index contributed by atoms with van der Waals surface area (Å²) in [6.45, 7) is 4.74. The second-order valence-electron chi connectivity index (χ2n) is 10.1. The van der Waals surface area contributed by atoms with Gasteiger partial charge < -0.3 is 10.0 Å². The lowest BCUT2D eigenvalue weighted by Crippen LogP contribution is -2.51. The Balaban J connectivity index is 1.49. The predicted octanol–water partition coefficient (Wildman–Crippen LogP) is 3.37. The third kappa shape index (κ3) is 4.35. The molecular weight excluding hydrogens is 494 g/mol. The maximum absolute atomic E-state index is 13.4. The van der Waals surface area contributed by atoms with Crippen molar-refractivity contribution in [2.45, 2.75) is 26.2 Å². The van der Waals surface area contributed by atoms with E-state index in [4.69, 9.17) is 0 Å². The molecular formula is C30H27N5O4. The molecule has 0 bridgehead atoms. The Morgan fingerprint density at radius 2 is 1.74 bits per heavy atom. The molecule has 0 amide bonds. The molecule has 1 fully saturated rings. The highest BCUT2D eigenvalue weighted by Crippen LogP contribution is 2.38. The molecule has 1 unspecified atom stereocenters. The number of rotatable bonds is 5. The summed E-state index contributed by atoms with van der Waals surface area (Å²) < 4.78 is 1.32. The van der Waals surface area contributed by atoms with Crippen molar-refractivity contribution in [3.05, 3.63) is 115 Å². The van der Waals surface area contributed by atoms with Crippen molar-refractivity contribution < 1.29 is 9.90 Å². The van der Waals surface area contributed by atoms with Crippen LogP contribution >= 0.6 is 0 Å². The molecule has 1 aliphatic carbocycles. The molecule has 2 aromatic carbocycles. The van der Waals surface area contributed by atoms with Gasteiger partial charge in [0.2, 0.25) is 5.95 Å². The Morgan fingerprint density at radius 1 is 1.03 bits per heavy atom. The van der Waals surface area contributed by atoms with Crippen LogP contribution in [0.2, 0.25) is 0 Å². The van der Waals surface area contributed by atoms with E-state index in [0.717, 1.165) is 34.2 Å². The molecule has 196 valence electrons. The number of carbonyl (C=O) groups is 1. The van der Waals surface area contributed by atoms with Gasteiger partial charge in [0.1, 0.15) is 5.82 Å². The number of nitrogens with zero attached hydrogens (tertiary/aromatic N) is 4. The zero-order valence-corrected chi connectivity index (χ0v) is 21.6. The molecule has 2 N–H and O–H groups in total. The molecule has 0 spiro atoms. The van der Waals surface area contributed by atoms with Gasteiger partial charge in [-0.25, -0.2) is 9.78 Å². The largest absolute Gasteiger partial charge is 0.481 e. The van der Waals surface area contributed by atoms with Gasteiger partial charge in [-0.3, -0.25) is 19.1 Å². The molecule has 1 atom stereocenters. The predicted molar refractivity (Wildman–Crippen MR) is 148 cm³/mol. The van der Waals surface area contributed by atoms with Gasteiger partial charge in [0.15, 0.2) is 0 Å². The minimum Gasteiger partial charge on any atom is -0.481 e. The van der Waals surface area contributed by atoms with Crippen LogP contribution in [0.5, 0.6) is 0 Å². The third-order valence-corrected chi connectivity index (χ3v) is 7.54. The van der Waals surface area contributed by atoms with Crippen molar-refractivity contribution in [2.24, 2.45) is 5.92 Å². The highest BCUT2D eigenvalue weighted by atomic mass is 16.4. The normalized spacial score (nSPS) is 16.3. The number of aryl methyl sites for hydroxylation is 2. The number of aliphatic carboxylic acids is 1. The highest BCUT2D eigenvalue weighted by Gasteiger charge is 2.34. The minimum absolute atomic E-state index is 0.290. The molecule has 9 nitrogen and oxygen atoms in total. The SMILES string of the molecule is CCc1ccc2c(c1)C=Cc1cc(C)ccc1C2c1cn(-c2ccnc(N3CC(C(=O)O)C3)n2)c(=O)[nH]c1=O. The first-order valence-electron chi connectivity index (χ1n) is 12.9. The summed E-state index contributed by atoms with van der Waals surface area (Å²) >= 11 is 0. The van der Waals surface area contributed by atoms with Crippen LogP contribution in [0.1, 0.15) is 51.8 Å². The number of hydrogen-bond donors (Lipinski definition) is 2. The smallest absolute Gasteiger partial charge is 0.334 e. The van der Waals surface area contributed by atoms with Gasteiger partial charge >= 0.3 is 11.7 Å². The Kier molecular flexibility index (Phi) is 5.98. The summed E-state index contributed by atoms with van der Waals surface area (Å²) in [6.07, 6.45) is 8.16. The summed E-state index contributed by atoms with van der Waals surface area (Å²) in [6, 6.07) is 14.1. The molecule has 1 saturated heterocycles. The van der Waals surface area contributed by atoms with Crippen LogP contribution in [0.3, 0.4) is 0 Å². The number of H-pyrrole nitrogens is 1. The summed E-state index contributed by atoms with van der Waals surface area (Å²) in [7, 11) is 0. The number of carboxylic acids is 1. The number of aromatic amines is 1. The molecule has 0 saturated carbocycles. The minimum atomic E-state index is -0.858. The molecule has 1 aliphatic heterocycles. The van der Waals surface area contributed by atoms with E-state index in [1.54, 1.807) is 17.2 Å². The molecule has 4 aromatic rings. The van der Waals surface area contributed by atoms with Gasteiger partial charge in [0.25, 0.3) is 5.56 Å². The van der Waals surface area contributed by atoms with Gasteiger partial charge in [0, 0.05) is 43.0 Å². The lowest BCUT2D eigenvalue weighted by molar-refractivity contribution is -0.142. The standard InChI is InChI=1S/C30H27N5O4/c1-3-18-5-9-23-20(13-18)7-6-19-12-17(2)4-8-22(19)26(23)24-16-35(30(39)33-27(24)36)25-10-11-31-29(32-25)34-14-21(15-34)28(37)38/h4-13,16,21,26H,3,14-15H2,1-2H3,(H,37,38)(H,33,36,39). The lowest BCUT2D eigenvalue weighted by Gasteiger charge is -2.36. The van der Waals surface area contributed by atoms with E-state index < -0.39 is 29.1 Å². The van der Waals surface area contributed by atoms with Gasteiger partial charge in [-0.15, -0.1) is 0 Å². The molecule has 2 aliphatic rings. The van der Waals surface area contributed by atoms with Crippen LogP contribution < -0.4 is 16.1 Å². The number of benzene rings is 2. The van der Waals surface area contributed by atoms with Crippen LogP contribution in [0.15, 0.2) is 64.4 Å². The van der Waals surface area contributed by atoms with E-state index in [2.05, 4.69) is 58.3 Å². The monoisotopic (exact) mass is 521 g/mol. The third-order valence-electron chi connectivity index (χ3n) is 7.54. The van der Waals surface area contributed by atoms with Crippen LogP contribution in [-0.4, -0.2) is 43.7 Å². The first kappa shape index (κ1) is 24.5. The van der Waals surface area contributed by atoms with Crippen molar-refractivity contribution in [2.75, 3.05) is 18.0 Å². The van der Waals surface area contributed by atoms with Crippen molar-refractivity contribution in [3.63, 3.8) is 0 Å². The second-order valence-corrected chi connectivity index (χ2v) is 10.1. The Hall–Kier alpha value is -4.79. The number of aromatic nitrogens is 4. The highest BCUT2D eigenvalue weighted by molar-refractivity contribution is 5.78. The van der Waals surface area contributed by atoms with E-state index >= 15 is 0 Å². The molecule has 2 aromatic heterocycles. The van der Waals surface area contributed by atoms with Gasteiger partial charge in [0.05, 0.1) is 5.92 Å². The molecule has 3 heterocycles. The fourth-order valence-electron chi connectivity index (χ4n) is 5.32. The second kappa shape index (κ2) is 9.50. The topological polar surface area (TPSA) is 121 Å². The summed E-state index contributed by atoms with van der Waals surface area (Å²) in [5, 5.41) is 9.20. The van der Waals surface area contributed by atoms with Crippen LogP contribution in [0.4, 0.5) is 5.95 Å². The van der Waals surface area contributed by atoms with E-state index in [-0.39, 0.29) is 0 Å². The Labute approximate surface area is 224 Å². The van der Waals surface area contributed by atoms with E-state index in [1.807, 2.05) is 19.1 Å². The summed E-state index contributed by atoms with van der Waals surface area (Å²) in [4.78, 5) is 50.7. The summed E-state index contributed by atoms with van der Waals surface area (Å²) in [5.41, 5.74) is 5.65. The molecule has 39 heavy (non-hydrogen) atoms. The molecule has 9 heteroatoms. The van der Waals surface area contributed by atoms with Gasteiger partial charge in [-0.05, 0) is 41.2 Å². The quantitative estimate of drug-likeness (QED) is 0.364. The number of carboxylic acid groups (broad SMARTS) is 1. The zero-order chi connectivity index (χ0) is 27.3. The van der Waals surface area contributed by atoms with Gasteiger partial charge in [-0.1, -0.05) is 61.0 Å². The Morgan fingerprint density at radius 3 is 2.46 bits per heavy atom. The van der Waals surface area contributed by atoms with Crippen molar-refractivity contribution in [3.8, 4) is 5.82 Å². The Bertz CT molecular complexity index is 1760. The number of anilines is 1. The van der Waals surface area contributed by atoms with Crippen LogP contribution in [-0.2, 0) is 11.2 Å². The van der Waals surface area contributed by atoms with Crippen LogP contribution in [0.25, 0.3) is 18.0 Å². The zero-order valence-electron chi connectivity index (χ0n) is 21.6. The van der Waals surface area contributed by atoms with E-state index in [0.29, 0.717) is 30.4 Å². The fourth-order valence-corrected chi connectivity index (χ4v) is 5.32.